The molecule has 1 aliphatic carbocycles. The van der Waals surface area contributed by atoms with Crippen LogP contribution in [0.15, 0.2) is 0 Å². The molecule has 4 atom stereocenters. The van der Waals surface area contributed by atoms with Gasteiger partial charge >= 0.3 is 0 Å². The van der Waals surface area contributed by atoms with Crippen LogP contribution in [-0.2, 0) is 14.3 Å². The minimum atomic E-state index is -0.992. The van der Waals surface area contributed by atoms with Crippen molar-refractivity contribution in [2.24, 2.45) is 17.1 Å². The van der Waals surface area contributed by atoms with Crippen molar-refractivity contribution in [2.75, 3.05) is 6.61 Å². The summed E-state index contributed by atoms with van der Waals surface area (Å²) in [5.74, 6) is -0.446. The third-order valence-electron chi connectivity index (χ3n) is 5.30. The van der Waals surface area contributed by atoms with Crippen molar-refractivity contribution >= 4 is 24.2 Å². The second kappa shape index (κ2) is 6.81. The van der Waals surface area contributed by atoms with Crippen molar-refractivity contribution in [3.05, 3.63) is 0 Å². The molecule has 4 unspecified atom stereocenters. The summed E-state index contributed by atoms with van der Waals surface area (Å²) < 4.78 is 5.82. The second-order valence-corrected chi connectivity index (χ2v) is 8.57. The Morgan fingerprint density at radius 3 is 2.42 bits per heavy atom. The van der Waals surface area contributed by atoms with Crippen LogP contribution in [0.3, 0.4) is 0 Å². The normalized spacial score (nSPS) is 32.5. The molecule has 1 saturated heterocycles. The Morgan fingerprint density at radius 2 is 1.88 bits per heavy atom. The standard InChI is InChI=1S/C17H31N3O3.ClH/c1-10(13(21)20-15(2,3)4)19-14(22)17(18)11-8-7-9-23-12(11)16(17,5)6;/h10-12H,7-9,18H2,1-6H3,(H,19,22)(H,20,21);1H. The van der Waals surface area contributed by atoms with E-state index in [2.05, 4.69) is 10.6 Å². The molecule has 0 aromatic heterocycles. The minimum absolute atomic E-state index is 0. The number of halogens is 1. The van der Waals surface area contributed by atoms with Gasteiger partial charge in [-0.05, 0) is 40.5 Å². The summed E-state index contributed by atoms with van der Waals surface area (Å²) in [6.45, 7) is 12.1. The molecule has 6 nitrogen and oxygen atoms in total. The van der Waals surface area contributed by atoms with Crippen LogP contribution in [0.5, 0.6) is 0 Å². The van der Waals surface area contributed by atoms with E-state index in [1.54, 1.807) is 6.92 Å². The maximum atomic E-state index is 12.8. The monoisotopic (exact) mass is 361 g/mol. The maximum absolute atomic E-state index is 12.8. The molecule has 0 aromatic carbocycles. The van der Waals surface area contributed by atoms with E-state index in [4.69, 9.17) is 10.5 Å². The first-order valence-corrected chi connectivity index (χ1v) is 8.44. The van der Waals surface area contributed by atoms with Gasteiger partial charge in [-0.15, -0.1) is 12.4 Å². The van der Waals surface area contributed by atoms with Gasteiger partial charge in [-0.3, -0.25) is 9.59 Å². The van der Waals surface area contributed by atoms with Crippen LogP contribution in [-0.4, -0.2) is 41.6 Å². The van der Waals surface area contributed by atoms with Crippen LogP contribution >= 0.6 is 12.4 Å². The van der Waals surface area contributed by atoms with Gasteiger partial charge in [-0.1, -0.05) is 13.8 Å². The highest BCUT2D eigenvalue weighted by Crippen LogP contribution is 2.57. The van der Waals surface area contributed by atoms with Crippen LogP contribution in [0.4, 0.5) is 0 Å². The SMILES string of the molecule is CC(NC(=O)C1(N)C2CCCOC2C1(C)C)C(=O)NC(C)(C)C.Cl. The minimum Gasteiger partial charge on any atom is -0.377 e. The first-order chi connectivity index (χ1) is 10.4. The van der Waals surface area contributed by atoms with E-state index in [0.29, 0.717) is 0 Å². The number of rotatable bonds is 3. The van der Waals surface area contributed by atoms with Gasteiger partial charge < -0.3 is 21.1 Å². The third kappa shape index (κ3) is 3.41. The fraction of sp³-hybridized carbons (Fsp3) is 0.882. The average molecular weight is 362 g/mol. The Morgan fingerprint density at radius 1 is 1.29 bits per heavy atom. The fourth-order valence-corrected chi connectivity index (χ4v) is 3.90. The van der Waals surface area contributed by atoms with Gasteiger partial charge in [0.15, 0.2) is 0 Å². The zero-order valence-corrected chi connectivity index (χ0v) is 16.4. The number of nitrogens with one attached hydrogen (secondary N) is 2. The molecule has 1 aliphatic heterocycles. The van der Waals surface area contributed by atoms with E-state index in [0.717, 1.165) is 19.4 Å². The Bertz CT molecular complexity index is 504. The number of carbonyl (C=O) groups excluding carboxylic acids is 2. The summed E-state index contributed by atoms with van der Waals surface area (Å²) in [5.41, 5.74) is 4.76. The number of hydrogen-bond acceptors (Lipinski definition) is 4. The average Bonchev–Trinajstić information content (AvgIpc) is 2.44. The second-order valence-electron chi connectivity index (χ2n) is 8.57. The first-order valence-electron chi connectivity index (χ1n) is 8.44. The molecule has 2 rings (SSSR count). The largest absolute Gasteiger partial charge is 0.377 e. The lowest BCUT2D eigenvalue weighted by molar-refractivity contribution is -0.225. The van der Waals surface area contributed by atoms with E-state index in [1.807, 2.05) is 34.6 Å². The Kier molecular flexibility index (Phi) is 6.01. The third-order valence-corrected chi connectivity index (χ3v) is 5.30. The molecule has 0 bridgehead atoms. The summed E-state index contributed by atoms with van der Waals surface area (Å²) >= 11 is 0. The van der Waals surface area contributed by atoms with Crippen molar-refractivity contribution in [1.29, 1.82) is 0 Å². The fourth-order valence-electron chi connectivity index (χ4n) is 3.90. The maximum Gasteiger partial charge on any atom is 0.242 e. The Hall–Kier alpha value is -0.850. The van der Waals surface area contributed by atoms with Gasteiger partial charge in [-0.25, -0.2) is 0 Å². The summed E-state index contributed by atoms with van der Waals surface area (Å²) in [5, 5.41) is 5.67. The zero-order chi connectivity index (χ0) is 17.6. The first kappa shape index (κ1) is 21.2. The highest BCUT2D eigenvalue weighted by atomic mass is 35.5. The lowest BCUT2D eigenvalue weighted by Gasteiger charge is -2.65. The van der Waals surface area contributed by atoms with Crippen LogP contribution in [0.1, 0.15) is 54.4 Å². The van der Waals surface area contributed by atoms with Gasteiger partial charge in [0.05, 0.1) is 6.10 Å². The van der Waals surface area contributed by atoms with Gasteiger partial charge in [0, 0.05) is 23.5 Å². The van der Waals surface area contributed by atoms with Crippen molar-refractivity contribution in [3.8, 4) is 0 Å². The highest BCUT2D eigenvalue weighted by Gasteiger charge is 2.70. The Balaban J connectivity index is 0.00000288. The number of ether oxygens (including phenoxy) is 1. The van der Waals surface area contributed by atoms with E-state index >= 15 is 0 Å². The van der Waals surface area contributed by atoms with Crippen LogP contribution in [0.25, 0.3) is 0 Å². The molecule has 24 heavy (non-hydrogen) atoms. The summed E-state index contributed by atoms with van der Waals surface area (Å²) in [6, 6.07) is -0.624. The molecule has 1 saturated carbocycles. The number of fused-ring (bicyclic) bond motifs is 1. The molecule has 2 fully saturated rings. The summed E-state index contributed by atoms with van der Waals surface area (Å²) in [6.07, 6.45) is 1.83. The van der Waals surface area contributed by atoms with E-state index < -0.39 is 17.0 Å². The molecule has 140 valence electrons. The number of amides is 2. The van der Waals surface area contributed by atoms with Crippen molar-refractivity contribution < 1.29 is 14.3 Å². The molecular formula is C17H32ClN3O3. The molecule has 2 aliphatic rings. The van der Waals surface area contributed by atoms with E-state index in [9.17, 15) is 9.59 Å². The lowest BCUT2D eigenvalue weighted by atomic mass is 9.46. The van der Waals surface area contributed by atoms with Crippen LogP contribution < -0.4 is 16.4 Å². The summed E-state index contributed by atoms with van der Waals surface area (Å²) in [7, 11) is 0. The lowest BCUT2D eigenvalue weighted by Crippen LogP contribution is -2.82. The van der Waals surface area contributed by atoms with Crippen molar-refractivity contribution in [1.82, 2.24) is 10.6 Å². The highest BCUT2D eigenvalue weighted by molar-refractivity contribution is 5.94. The van der Waals surface area contributed by atoms with Gasteiger partial charge in [0.2, 0.25) is 11.8 Å². The van der Waals surface area contributed by atoms with E-state index in [1.165, 1.54) is 0 Å². The van der Waals surface area contributed by atoms with Gasteiger partial charge in [-0.2, -0.15) is 0 Å². The predicted molar refractivity (Wildman–Crippen MR) is 95.9 cm³/mol. The van der Waals surface area contributed by atoms with E-state index in [-0.39, 0.29) is 41.8 Å². The van der Waals surface area contributed by atoms with Crippen molar-refractivity contribution in [3.63, 3.8) is 0 Å². The molecule has 0 aromatic rings. The van der Waals surface area contributed by atoms with Crippen LogP contribution in [0.2, 0.25) is 0 Å². The predicted octanol–water partition coefficient (Wildman–Crippen LogP) is 1.36. The topological polar surface area (TPSA) is 93.5 Å². The number of nitrogens with two attached hydrogens (primary N) is 1. The van der Waals surface area contributed by atoms with Gasteiger partial charge in [0.25, 0.3) is 0 Å². The number of carbonyl (C=O) groups is 2. The zero-order valence-electron chi connectivity index (χ0n) is 15.6. The quantitative estimate of drug-likeness (QED) is 0.707. The molecule has 7 heteroatoms. The van der Waals surface area contributed by atoms with Gasteiger partial charge in [0.1, 0.15) is 11.6 Å². The summed E-state index contributed by atoms with van der Waals surface area (Å²) in [4.78, 5) is 25.0. The Labute approximate surface area is 151 Å². The van der Waals surface area contributed by atoms with Crippen molar-refractivity contribution in [2.45, 2.75) is 77.6 Å². The molecule has 1 heterocycles. The van der Waals surface area contributed by atoms with Crippen LogP contribution in [0, 0.1) is 11.3 Å². The smallest absolute Gasteiger partial charge is 0.242 e. The molecule has 4 N–H and O–H groups in total. The molecule has 0 radical (unpaired) electrons. The number of hydrogen-bond donors (Lipinski definition) is 3. The molecule has 0 spiro atoms. The molecular weight excluding hydrogens is 330 g/mol. The molecule has 2 amide bonds.